The van der Waals surface area contributed by atoms with Gasteiger partial charge in [0.05, 0.1) is 16.8 Å². The Hall–Kier alpha value is -2.08. The van der Waals surface area contributed by atoms with Crippen LogP contribution < -0.4 is 5.32 Å². The van der Waals surface area contributed by atoms with Gasteiger partial charge in [-0.15, -0.1) is 0 Å². The molecule has 0 atom stereocenters. The highest BCUT2D eigenvalue weighted by molar-refractivity contribution is 5.94. The molecule has 2 aromatic rings. The number of rotatable bonds is 5. The molecule has 0 aliphatic heterocycles. The summed E-state index contributed by atoms with van der Waals surface area (Å²) < 4.78 is 0. The second-order valence-corrected chi connectivity index (χ2v) is 5.14. The summed E-state index contributed by atoms with van der Waals surface area (Å²) >= 11 is 0. The number of hydrogen-bond acceptors (Lipinski definition) is 3. The first-order valence-corrected chi connectivity index (χ1v) is 7.25. The van der Waals surface area contributed by atoms with Crippen molar-refractivity contribution in [2.24, 2.45) is 0 Å². The van der Waals surface area contributed by atoms with Gasteiger partial charge < -0.3 is 5.32 Å². The first-order valence-electron chi connectivity index (χ1n) is 7.25. The van der Waals surface area contributed by atoms with Crippen molar-refractivity contribution in [2.45, 2.75) is 45.6 Å². The van der Waals surface area contributed by atoms with Crippen molar-refractivity contribution in [2.75, 3.05) is 5.32 Å². The van der Waals surface area contributed by atoms with Gasteiger partial charge in [0.25, 0.3) is 0 Å². The molecule has 1 aromatic heterocycles. The van der Waals surface area contributed by atoms with Crippen LogP contribution in [0.15, 0.2) is 30.5 Å². The highest BCUT2D eigenvalue weighted by Gasteiger charge is 2.25. The van der Waals surface area contributed by atoms with Crippen molar-refractivity contribution in [3.63, 3.8) is 0 Å². The number of nitriles is 1. The molecule has 1 heterocycles. The summed E-state index contributed by atoms with van der Waals surface area (Å²) in [7, 11) is 0. The van der Waals surface area contributed by atoms with E-state index in [1.54, 1.807) is 6.20 Å². The molecular formula is C17H21N3. The number of pyridine rings is 1. The van der Waals surface area contributed by atoms with Crippen LogP contribution in [0.4, 0.5) is 5.69 Å². The van der Waals surface area contributed by atoms with Crippen molar-refractivity contribution in [1.29, 1.82) is 5.26 Å². The first-order chi connectivity index (χ1) is 9.69. The van der Waals surface area contributed by atoms with E-state index < -0.39 is 0 Å². The summed E-state index contributed by atoms with van der Waals surface area (Å²) in [6.45, 7) is 6.57. The molecule has 0 fully saturated rings. The second kappa shape index (κ2) is 5.92. The Morgan fingerprint density at radius 2 is 1.80 bits per heavy atom. The highest BCUT2D eigenvalue weighted by atomic mass is 15.0. The molecule has 0 unspecified atom stereocenters. The lowest BCUT2D eigenvalue weighted by Crippen LogP contribution is -2.36. The Morgan fingerprint density at radius 3 is 2.40 bits per heavy atom. The molecule has 0 bridgehead atoms. The molecular weight excluding hydrogens is 246 g/mol. The lowest BCUT2D eigenvalue weighted by Gasteiger charge is -2.33. The van der Waals surface area contributed by atoms with Gasteiger partial charge in [0.15, 0.2) is 0 Å². The lowest BCUT2D eigenvalue weighted by atomic mass is 9.89. The molecule has 1 aromatic carbocycles. The Labute approximate surface area is 120 Å². The minimum atomic E-state index is 0.0374. The Bertz CT molecular complexity index is 628. The molecule has 104 valence electrons. The first kappa shape index (κ1) is 14.3. The van der Waals surface area contributed by atoms with E-state index in [1.807, 2.05) is 24.3 Å². The topological polar surface area (TPSA) is 48.7 Å². The van der Waals surface area contributed by atoms with Crippen molar-refractivity contribution in [1.82, 2.24) is 4.98 Å². The van der Waals surface area contributed by atoms with Crippen molar-refractivity contribution in [3.8, 4) is 6.07 Å². The maximum Gasteiger partial charge on any atom is 0.103 e. The molecule has 1 N–H and O–H groups in total. The molecule has 2 rings (SSSR count). The van der Waals surface area contributed by atoms with E-state index in [0.717, 1.165) is 35.9 Å². The van der Waals surface area contributed by atoms with Gasteiger partial charge in [0.2, 0.25) is 0 Å². The Kier molecular flexibility index (Phi) is 4.24. The van der Waals surface area contributed by atoms with Gasteiger partial charge in [-0.25, -0.2) is 0 Å². The highest BCUT2D eigenvalue weighted by Crippen LogP contribution is 2.32. The number of aromatic nitrogens is 1. The third-order valence-corrected chi connectivity index (χ3v) is 4.32. The van der Waals surface area contributed by atoms with E-state index >= 15 is 0 Å². The fourth-order valence-corrected chi connectivity index (χ4v) is 2.64. The number of para-hydroxylation sites is 1. The zero-order chi connectivity index (χ0) is 14.6. The van der Waals surface area contributed by atoms with Crippen LogP contribution in [0.2, 0.25) is 0 Å². The predicted octanol–water partition coefficient (Wildman–Crippen LogP) is 4.49. The fraction of sp³-hybridized carbons (Fsp3) is 0.412. The summed E-state index contributed by atoms with van der Waals surface area (Å²) in [5.41, 5.74) is 2.49. The number of fused-ring (bicyclic) bond motifs is 1. The third kappa shape index (κ3) is 2.46. The van der Waals surface area contributed by atoms with Gasteiger partial charge in [0.1, 0.15) is 6.07 Å². The summed E-state index contributed by atoms with van der Waals surface area (Å²) in [5, 5.41) is 14.0. The van der Waals surface area contributed by atoms with Crippen molar-refractivity contribution < 1.29 is 0 Å². The zero-order valence-corrected chi connectivity index (χ0v) is 12.4. The van der Waals surface area contributed by atoms with Crippen LogP contribution >= 0.6 is 0 Å². The molecule has 0 aliphatic rings. The van der Waals surface area contributed by atoms with E-state index in [4.69, 9.17) is 0 Å². The average molecular weight is 267 g/mol. The smallest absolute Gasteiger partial charge is 0.103 e. The molecule has 0 amide bonds. The van der Waals surface area contributed by atoms with Crippen LogP contribution in [0.25, 0.3) is 10.9 Å². The summed E-state index contributed by atoms with van der Waals surface area (Å²) in [4.78, 5) is 4.36. The third-order valence-electron chi connectivity index (χ3n) is 4.32. The number of benzene rings is 1. The summed E-state index contributed by atoms with van der Waals surface area (Å²) in [5.74, 6) is 0. The lowest BCUT2D eigenvalue weighted by molar-refractivity contribution is 0.421. The van der Waals surface area contributed by atoms with Gasteiger partial charge in [-0.1, -0.05) is 39.0 Å². The number of anilines is 1. The fourth-order valence-electron chi connectivity index (χ4n) is 2.64. The number of nitrogens with one attached hydrogen (secondary N) is 1. The Balaban J connectivity index is 2.60. The molecule has 3 nitrogen and oxygen atoms in total. The van der Waals surface area contributed by atoms with Gasteiger partial charge in [-0.2, -0.15) is 5.26 Å². The van der Waals surface area contributed by atoms with Crippen molar-refractivity contribution in [3.05, 3.63) is 36.0 Å². The molecule has 0 aliphatic carbocycles. The van der Waals surface area contributed by atoms with E-state index in [-0.39, 0.29) is 5.54 Å². The largest absolute Gasteiger partial charge is 0.378 e. The van der Waals surface area contributed by atoms with Gasteiger partial charge in [-0.05, 0) is 25.3 Å². The second-order valence-electron chi connectivity index (χ2n) is 5.14. The van der Waals surface area contributed by atoms with Crippen LogP contribution in [0.5, 0.6) is 0 Å². The van der Waals surface area contributed by atoms with Crippen LogP contribution in [0.3, 0.4) is 0 Å². The van der Waals surface area contributed by atoms with Crippen molar-refractivity contribution >= 4 is 16.6 Å². The maximum absolute atomic E-state index is 9.36. The van der Waals surface area contributed by atoms with Gasteiger partial charge in [-0.3, -0.25) is 4.98 Å². The molecule has 20 heavy (non-hydrogen) atoms. The quantitative estimate of drug-likeness (QED) is 0.868. The Morgan fingerprint density at radius 1 is 1.15 bits per heavy atom. The monoisotopic (exact) mass is 267 g/mol. The van der Waals surface area contributed by atoms with Crippen LogP contribution in [0.1, 0.15) is 45.6 Å². The van der Waals surface area contributed by atoms with E-state index in [0.29, 0.717) is 5.56 Å². The average Bonchev–Trinajstić information content (AvgIpc) is 2.52. The summed E-state index contributed by atoms with van der Waals surface area (Å²) in [6, 6.07) is 10.2. The molecule has 0 saturated heterocycles. The van der Waals surface area contributed by atoms with E-state index in [1.165, 1.54) is 0 Å². The molecule has 0 spiro atoms. The molecule has 0 radical (unpaired) electrons. The predicted molar refractivity (Wildman–Crippen MR) is 83.7 cm³/mol. The number of hydrogen-bond donors (Lipinski definition) is 1. The van der Waals surface area contributed by atoms with Crippen LogP contribution in [0, 0.1) is 11.3 Å². The standard InChI is InChI=1S/C17H21N3/c1-4-17(5-2,6-3)20-16-13(11-18)12-19-15-10-8-7-9-14(15)16/h7-10,12H,4-6H2,1-3H3,(H,19,20). The minimum absolute atomic E-state index is 0.0374. The van der Waals surface area contributed by atoms with E-state index in [9.17, 15) is 5.26 Å². The number of nitrogens with zero attached hydrogens (tertiary/aromatic N) is 2. The normalized spacial score (nSPS) is 11.3. The SMILES string of the molecule is CCC(CC)(CC)Nc1c(C#N)cnc2ccccc12. The zero-order valence-electron chi connectivity index (χ0n) is 12.4. The molecule has 3 heteroatoms. The maximum atomic E-state index is 9.36. The van der Waals surface area contributed by atoms with E-state index in [2.05, 4.69) is 37.1 Å². The molecule has 0 saturated carbocycles. The van der Waals surface area contributed by atoms with Crippen LogP contribution in [-0.4, -0.2) is 10.5 Å². The summed E-state index contributed by atoms with van der Waals surface area (Å²) in [6.07, 6.45) is 4.75. The van der Waals surface area contributed by atoms with Crippen LogP contribution in [-0.2, 0) is 0 Å². The van der Waals surface area contributed by atoms with Gasteiger partial charge in [0, 0.05) is 17.1 Å². The minimum Gasteiger partial charge on any atom is -0.378 e. The van der Waals surface area contributed by atoms with Gasteiger partial charge >= 0.3 is 0 Å².